The monoisotopic (exact) mass is 637 g/mol. The van der Waals surface area contributed by atoms with E-state index in [4.69, 9.17) is 5.11 Å². The average molecular weight is 638 g/mol. The van der Waals surface area contributed by atoms with Gasteiger partial charge in [-0.15, -0.1) is 10.2 Å². The number of rotatable bonds is 10. The number of carboxylic acids is 1. The maximum absolute atomic E-state index is 13.6. The average Bonchev–Trinajstić information content (AvgIpc) is 3.41. The number of carboxylic acid groups (broad SMARTS) is 1. The summed E-state index contributed by atoms with van der Waals surface area (Å²) < 4.78 is 67.2. The molecule has 17 heteroatoms. The van der Waals surface area contributed by atoms with Crippen LogP contribution in [0.5, 0.6) is 0 Å². The fraction of sp³-hybridized carbons (Fsp3) is 0.407. The summed E-state index contributed by atoms with van der Waals surface area (Å²) in [6, 6.07) is 9.00. The van der Waals surface area contributed by atoms with Crippen molar-refractivity contribution in [3.05, 3.63) is 71.0 Å². The lowest BCUT2D eigenvalue weighted by molar-refractivity contribution is -0.138. The Hall–Kier alpha value is -4.38. The second-order valence-electron chi connectivity index (χ2n) is 10.4. The van der Waals surface area contributed by atoms with E-state index in [2.05, 4.69) is 20.7 Å². The van der Waals surface area contributed by atoms with Crippen LogP contribution >= 0.6 is 0 Å². The summed E-state index contributed by atoms with van der Waals surface area (Å²) in [5, 5.41) is 22.7. The zero-order valence-electron chi connectivity index (χ0n) is 23.7. The molecule has 1 aromatic heterocycles. The van der Waals surface area contributed by atoms with Gasteiger partial charge in [0.15, 0.2) is 5.82 Å². The van der Waals surface area contributed by atoms with Gasteiger partial charge in [-0.3, -0.25) is 14.4 Å². The Morgan fingerprint density at radius 2 is 1.70 bits per heavy atom. The molecule has 2 aromatic carbocycles. The van der Waals surface area contributed by atoms with E-state index < -0.39 is 63.4 Å². The molecule has 1 aliphatic rings. The van der Waals surface area contributed by atoms with E-state index in [1.54, 1.807) is 0 Å². The van der Waals surface area contributed by atoms with Crippen molar-refractivity contribution in [3.63, 3.8) is 0 Å². The van der Waals surface area contributed by atoms with E-state index in [-0.39, 0.29) is 32.0 Å². The minimum Gasteiger partial charge on any atom is -0.481 e. The van der Waals surface area contributed by atoms with Crippen LogP contribution in [0.4, 0.5) is 13.2 Å². The quantitative estimate of drug-likeness (QED) is 0.336. The summed E-state index contributed by atoms with van der Waals surface area (Å²) in [7, 11) is -4.46. The van der Waals surface area contributed by atoms with Gasteiger partial charge in [-0.25, -0.2) is 8.42 Å². The van der Waals surface area contributed by atoms with Gasteiger partial charge in [0.25, 0.3) is 0 Å². The van der Waals surface area contributed by atoms with Crippen LogP contribution in [0, 0.1) is 0 Å². The van der Waals surface area contributed by atoms with E-state index in [0.29, 0.717) is 18.1 Å². The Morgan fingerprint density at radius 1 is 1.05 bits per heavy atom. The number of benzene rings is 2. The fourth-order valence-corrected chi connectivity index (χ4v) is 6.11. The van der Waals surface area contributed by atoms with Crippen LogP contribution in [0.3, 0.4) is 0 Å². The SMILES string of the molecule is CC(C)c1ccc(CNC(=O)[C@H]2CN(C(=O)Cn3nnc(CC(=O)O)n3)CCN2S(=O)(=O)c2ccc(C(F)(F)F)cc2)cc1. The number of carbonyl (C=O) groups excluding carboxylic acids is 2. The van der Waals surface area contributed by atoms with Gasteiger partial charge < -0.3 is 15.3 Å². The normalized spacial score (nSPS) is 16.2. The summed E-state index contributed by atoms with van der Waals surface area (Å²) in [6.45, 7) is 2.84. The number of alkyl halides is 3. The van der Waals surface area contributed by atoms with Gasteiger partial charge in [0.2, 0.25) is 21.8 Å². The van der Waals surface area contributed by atoms with Crippen molar-refractivity contribution >= 4 is 27.8 Å². The summed E-state index contributed by atoms with van der Waals surface area (Å²) in [4.78, 5) is 39.1. The number of piperazine rings is 1. The van der Waals surface area contributed by atoms with Gasteiger partial charge >= 0.3 is 12.1 Å². The van der Waals surface area contributed by atoms with Crippen LogP contribution in [0.25, 0.3) is 0 Å². The summed E-state index contributed by atoms with van der Waals surface area (Å²) in [5.41, 5.74) is 0.809. The first-order valence-corrected chi connectivity index (χ1v) is 14.9. The molecule has 2 amide bonds. The molecular formula is C27H30F3N7O6S. The van der Waals surface area contributed by atoms with Crippen LogP contribution in [0.1, 0.15) is 42.3 Å². The molecule has 0 saturated carbocycles. The number of carbonyl (C=O) groups is 3. The van der Waals surface area contributed by atoms with E-state index in [9.17, 15) is 36.0 Å². The van der Waals surface area contributed by atoms with Crippen LogP contribution in [-0.2, 0) is 50.1 Å². The maximum atomic E-state index is 13.6. The van der Waals surface area contributed by atoms with Crippen molar-refractivity contribution in [1.29, 1.82) is 0 Å². The number of halogens is 3. The smallest absolute Gasteiger partial charge is 0.416 e. The lowest BCUT2D eigenvalue weighted by Gasteiger charge is -2.39. The topological polar surface area (TPSA) is 168 Å². The van der Waals surface area contributed by atoms with Gasteiger partial charge in [0, 0.05) is 26.2 Å². The highest BCUT2D eigenvalue weighted by Crippen LogP contribution is 2.31. The molecule has 44 heavy (non-hydrogen) atoms. The van der Waals surface area contributed by atoms with Crippen molar-refractivity contribution in [3.8, 4) is 0 Å². The Labute approximate surface area is 250 Å². The third kappa shape index (κ3) is 7.76. The second-order valence-corrected chi connectivity index (χ2v) is 12.3. The molecule has 236 valence electrons. The van der Waals surface area contributed by atoms with Gasteiger partial charge in [-0.2, -0.15) is 22.3 Å². The van der Waals surface area contributed by atoms with Crippen LogP contribution in [0.2, 0.25) is 0 Å². The molecule has 13 nitrogen and oxygen atoms in total. The Bertz CT molecular complexity index is 1610. The number of amides is 2. The number of hydrogen-bond acceptors (Lipinski definition) is 8. The van der Waals surface area contributed by atoms with Crippen molar-refractivity contribution in [2.75, 3.05) is 19.6 Å². The summed E-state index contributed by atoms with van der Waals surface area (Å²) in [6.07, 6.45) is -5.17. The summed E-state index contributed by atoms with van der Waals surface area (Å²) >= 11 is 0. The van der Waals surface area contributed by atoms with Crippen LogP contribution in [0.15, 0.2) is 53.4 Å². The Morgan fingerprint density at radius 3 is 2.30 bits per heavy atom. The highest BCUT2D eigenvalue weighted by molar-refractivity contribution is 7.89. The molecule has 0 aliphatic carbocycles. The van der Waals surface area contributed by atoms with Gasteiger partial charge in [-0.05, 0) is 46.5 Å². The minimum absolute atomic E-state index is 0.0606. The molecule has 2 heterocycles. The molecule has 1 saturated heterocycles. The number of sulfonamides is 1. The van der Waals surface area contributed by atoms with Gasteiger partial charge in [-0.1, -0.05) is 38.1 Å². The molecule has 0 radical (unpaired) electrons. The van der Waals surface area contributed by atoms with Gasteiger partial charge in [0.1, 0.15) is 19.0 Å². The molecule has 1 fully saturated rings. The van der Waals surface area contributed by atoms with E-state index >= 15 is 0 Å². The number of nitrogens with zero attached hydrogens (tertiary/aromatic N) is 6. The molecule has 2 N–H and O–H groups in total. The third-order valence-electron chi connectivity index (χ3n) is 6.97. The van der Waals surface area contributed by atoms with Crippen LogP contribution in [-0.4, -0.2) is 86.4 Å². The number of tetrazole rings is 1. The largest absolute Gasteiger partial charge is 0.481 e. The molecule has 1 atom stereocenters. The number of aliphatic carboxylic acids is 1. The zero-order valence-corrected chi connectivity index (χ0v) is 24.5. The van der Waals surface area contributed by atoms with E-state index in [1.807, 2.05) is 38.1 Å². The van der Waals surface area contributed by atoms with Crippen LogP contribution < -0.4 is 5.32 Å². The van der Waals surface area contributed by atoms with Crippen molar-refractivity contribution in [2.24, 2.45) is 0 Å². The molecule has 4 rings (SSSR count). The fourth-order valence-electron chi connectivity index (χ4n) is 4.54. The van der Waals surface area contributed by atoms with E-state index in [1.165, 1.54) is 4.90 Å². The van der Waals surface area contributed by atoms with E-state index in [0.717, 1.165) is 32.4 Å². The van der Waals surface area contributed by atoms with Crippen molar-refractivity contribution < 1.29 is 41.1 Å². The predicted octanol–water partition coefficient (Wildman–Crippen LogP) is 1.66. The van der Waals surface area contributed by atoms with Gasteiger partial charge in [0.05, 0.1) is 10.5 Å². The third-order valence-corrected chi connectivity index (χ3v) is 8.89. The molecule has 1 aliphatic heterocycles. The highest BCUT2D eigenvalue weighted by atomic mass is 32.2. The second kappa shape index (κ2) is 13.1. The molecule has 3 aromatic rings. The first kappa shape index (κ1) is 32.5. The Balaban J connectivity index is 1.55. The minimum atomic E-state index is -4.67. The first-order valence-electron chi connectivity index (χ1n) is 13.5. The number of hydrogen-bond donors (Lipinski definition) is 2. The van der Waals surface area contributed by atoms with Crippen molar-refractivity contribution in [1.82, 2.24) is 34.7 Å². The summed E-state index contributed by atoms with van der Waals surface area (Å²) in [5.74, 6) is -2.31. The first-order chi connectivity index (χ1) is 20.6. The number of nitrogens with one attached hydrogen (secondary N) is 1. The highest BCUT2D eigenvalue weighted by Gasteiger charge is 2.42. The molecular weight excluding hydrogens is 607 g/mol. The maximum Gasteiger partial charge on any atom is 0.416 e. The number of aromatic nitrogens is 4. The molecule has 0 spiro atoms. The Kier molecular flexibility index (Phi) is 9.68. The lowest BCUT2D eigenvalue weighted by Crippen LogP contribution is -2.61. The predicted molar refractivity (Wildman–Crippen MR) is 147 cm³/mol. The standard InChI is InChI=1S/C27H30F3N7O6S/c1-17(2)19-5-3-18(4-6-19)14-31-26(41)22-15-35(24(38)16-37-33-23(32-34-37)13-25(39)40)11-12-36(22)44(42,43)21-9-7-20(8-10-21)27(28,29)30/h3-10,17,22H,11-16H2,1-2H3,(H,31,41)(H,39,40)/t22-/m1/s1. The zero-order chi connectivity index (χ0) is 32.2. The van der Waals surface area contributed by atoms with Crippen molar-refractivity contribution in [2.45, 2.75) is 56.4 Å². The lowest BCUT2D eigenvalue weighted by atomic mass is 10.0. The molecule has 0 bridgehead atoms. The molecule has 0 unspecified atom stereocenters.